The molecule has 3 nitrogen and oxygen atoms in total. The Morgan fingerprint density at radius 1 is 1.35 bits per heavy atom. The molecule has 1 unspecified atom stereocenters. The number of allylic oxidation sites excluding steroid dienone is 3. The zero-order valence-corrected chi connectivity index (χ0v) is 12.0. The van der Waals surface area contributed by atoms with Crippen molar-refractivity contribution in [2.45, 2.75) is 26.7 Å². The molecule has 0 aliphatic heterocycles. The van der Waals surface area contributed by atoms with Crippen molar-refractivity contribution in [3.05, 3.63) is 59.7 Å². The third-order valence-corrected chi connectivity index (χ3v) is 3.63. The number of carbonyl (C=O) groups excluding carboxylic acids is 1. The minimum atomic E-state index is -0.177. The fourth-order valence-electron chi connectivity index (χ4n) is 2.20. The molecule has 1 aromatic rings. The van der Waals surface area contributed by atoms with Gasteiger partial charge in [-0.1, -0.05) is 36.4 Å². The summed E-state index contributed by atoms with van der Waals surface area (Å²) in [4.78, 5) is 12.0. The number of rotatable bonds is 3. The number of amides is 1. The summed E-state index contributed by atoms with van der Waals surface area (Å²) in [6.07, 6.45) is 4.01. The minimum Gasteiger partial charge on any atom is -0.267 e. The van der Waals surface area contributed by atoms with E-state index in [4.69, 9.17) is 0 Å². The van der Waals surface area contributed by atoms with Crippen molar-refractivity contribution in [3.8, 4) is 0 Å². The van der Waals surface area contributed by atoms with E-state index in [0.29, 0.717) is 11.5 Å². The molecule has 0 saturated carbocycles. The SMILES string of the molecule is C=C(C)C1CC=C(C)/C(=N/NC(=O)c2ccccc2)C1. The highest BCUT2D eigenvalue weighted by Crippen LogP contribution is 2.26. The van der Waals surface area contributed by atoms with Crippen LogP contribution >= 0.6 is 0 Å². The van der Waals surface area contributed by atoms with E-state index in [0.717, 1.165) is 29.7 Å². The molecule has 0 saturated heterocycles. The molecule has 1 aromatic carbocycles. The summed E-state index contributed by atoms with van der Waals surface area (Å²) in [5.41, 5.74) is 6.49. The number of benzene rings is 1. The van der Waals surface area contributed by atoms with Crippen LogP contribution in [0.5, 0.6) is 0 Å². The first-order chi connectivity index (χ1) is 9.58. The largest absolute Gasteiger partial charge is 0.271 e. The Bertz CT molecular complexity index is 570. The lowest BCUT2D eigenvalue weighted by Crippen LogP contribution is -2.23. The Balaban J connectivity index is 2.07. The van der Waals surface area contributed by atoms with Gasteiger partial charge in [-0.25, -0.2) is 5.43 Å². The van der Waals surface area contributed by atoms with Gasteiger partial charge in [0.05, 0.1) is 5.71 Å². The van der Waals surface area contributed by atoms with Crippen LogP contribution in [0.2, 0.25) is 0 Å². The van der Waals surface area contributed by atoms with Crippen LogP contribution in [0.15, 0.2) is 59.2 Å². The van der Waals surface area contributed by atoms with Gasteiger partial charge in [-0.15, -0.1) is 0 Å². The Morgan fingerprint density at radius 3 is 2.70 bits per heavy atom. The first-order valence-electron chi connectivity index (χ1n) is 6.82. The quantitative estimate of drug-likeness (QED) is 0.659. The van der Waals surface area contributed by atoms with Gasteiger partial charge in [-0.05, 0) is 50.3 Å². The molecule has 0 spiro atoms. The number of nitrogens with zero attached hydrogens (tertiary/aromatic N) is 1. The molecule has 0 fully saturated rings. The van der Waals surface area contributed by atoms with Gasteiger partial charge in [0.1, 0.15) is 0 Å². The molecule has 2 rings (SSSR count). The second-order valence-corrected chi connectivity index (χ2v) is 5.24. The Labute approximate surface area is 120 Å². The molecule has 1 aliphatic rings. The zero-order chi connectivity index (χ0) is 14.5. The molecular weight excluding hydrogens is 248 g/mol. The average Bonchev–Trinajstić information content (AvgIpc) is 2.46. The molecule has 20 heavy (non-hydrogen) atoms. The number of carbonyl (C=O) groups is 1. The van der Waals surface area contributed by atoms with E-state index < -0.39 is 0 Å². The summed E-state index contributed by atoms with van der Waals surface area (Å²) in [6.45, 7) is 8.08. The lowest BCUT2D eigenvalue weighted by Gasteiger charge is -2.22. The third-order valence-electron chi connectivity index (χ3n) is 3.63. The highest BCUT2D eigenvalue weighted by atomic mass is 16.2. The highest BCUT2D eigenvalue weighted by Gasteiger charge is 2.18. The van der Waals surface area contributed by atoms with Crippen molar-refractivity contribution in [3.63, 3.8) is 0 Å². The van der Waals surface area contributed by atoms with Crippen molar-refractivity contribution >= 4 is 11.6 Å². The summed E-state index contributed by atoms with van der Waals surface area (Å²) in [6, 6.07) is 9.11. The van der Waals surface area contributed by atoms with Crippen molar-refractivity contribution in [2.24, 2.45) is 11.0 Å². The maximum atomic E-state index is 12.0. The number of hydrogen-bond acceptors (Lipinski definition) is 2. The van der Waals surface area contributed by atoms with E-state index in [1.54, 1.807) is 12.1 Å². The lowest BCUT2D eigenvalue weighted by atomic mass is 9.85. The van der Waals surface area contributed by atoms with Gasteiger partial charge in [0.25, 0.3) is 5.91 Å². The second-order valence-electron chi connectivity index (χ2n) is 5.24. The van der Waals surface area contributed by atoms with E-state index >= 15 is 0 Å². The van der Waals surface area contributed by atoms with E-state index in [1.807, 2.05) is 32.0 Å². The molecule has 0 aromatic heterocycles. The van der Waals surface area contributed by atoms with Gasteiger partial charge in [0.15, 0.2) is 0 Å². The van der Waals surface area contributed by atoms with Crippen LogP contribution in [-0.2, 0) is 0 Å². The van der Waals surface area contributed by atoms with Crippen LogP contribution < -0.4 is 5.43 Å². The van der Waals surface area contributed by atoms with Crippen LogP contribution in [0.1, 0.15) is 37.0 Å². The van der Waals surface area contributed by atoms with E-state index in [1.165, 1.54) is 0 Å². The van der Waals surface area contributed by atoms with E-state index in [2.05, 4.69) is 23.2 Å². The Hall–Kier alpha value is -2.16. The van der Waals surface area contributed by atoms with Crippen molar-refractivity contribution in [1.29, 1.82) is 0 Å². The number of hydrogen-bond donors (Lipinski definition) is 1. The molecule has 104 valence electrons. The molecule has 3 heteroatoms. The molecule has 0 heterocycles. The third kappa shape index (κ3) is 3.44. The van der Waals surface area contributed by atoms with Gasteiger partial charge < -0.3 is 0 Å². The topological polar surface area (TPSA) is 41.5 Å². The van der Waals surface area contributed by atoms with E-state index in [9.17, 15) is 4.79 Å². The Morgan fingerprint density at radius 2 is 2.05 bits per heavy atom. The van der Waals surface area contributed by atoms with E-state index in [-0.39, 0.29) is 5.91 Å². The number of nitrogens with one attached hydrogen (secondary N) is 1. The van der Waals surface area contributed by atoms with Gasteiger partial charge in [0.2, 0.25) is 0 Å². The first kappa shape index (κ1) is 14.3. The van der Waals surface area contributed by atoms with Gasteiger partial charge in [0, 0.05) is 5.56 Å². The van der Waals surface area contributed by atoms with Crippen LogP contribution in [0.25, 0.3) is 0 Å². The van der Waals surface area contributed by atoms with Crippen LogP contribution in [0.3, 0.4) is 0 Å². The molecule has 1 N–H and O–H groups in total. The standard InChI is InChI=1S/C17H20N2O/c1-12(2)15-10-9-13(3)16(11-15)18-19-17(20)14-7-5-4-6-8-14/h4-9,15H,1,10-11H2,2-3H3,(H,19,20)/b18-16+. The second kappa shape index (κ2) is 6.33. The zero-order valence-electron chi connectivity index (χ0n) is 12.0. The smallest absolute Gasteiger partial charge is 0.267 e. The summed E-state index contributed by atoms with van der Waals surface area (Å²) < 4.78 is 0. The van der Waals surface area contributed by atoms with Crippen LogP contribution in [0.4, 0.5) is 0 Å². The van der Waals surface area contributed by atoms with Crippen molar-refractivity contribution in [2.75, 3.05) is 0 Å². The lowest BCUT2D eigenvalue weighted by molar-refractivity contribution is 0.0954. The number of hydrazone groups is 1. The summed E-state index contributed by atoms with van der Waals surface area (Å²) in [5.74, 6) is 0.245. The molecule has 0 radical (unpaired) electrons. The van der Waals surface area contributed by atoms with Crippen LogP contribution in [-0.4, -0.2) is 11.6 Å². The average molecular weight is 268 g/mol. The Kier molecular flexibility index (Phi) is 4.51. The molecule has 1 atom stereocenters. The predicted molar refractivity (Wildman–Crippen MR) is 82.6 cm³/mol. The normalized spacial score (nSPS) is 20.4. The summed E-state index contributed by atoms with van der Waals surface area (Å²) >= 11 is 0. The summed E-state index contributed by atoms with van der Waals surface area (Å²) in [7, 11) is 0. The maximum absolute atomic E-state index is 12.0. The van der Waals surface area contributed by atoms with Crippen molar-refractivity contribution in [1.82, 2.24) is 5.43 Å². The monoisotopic (exact) mass is 268 g/mol. The molecular formula is C17H20N2O. The first-order valence-corrected chi connectivity index (χ1v) is 6.82. The fourth-order valence-corrected chi connectivity index (χ4v) is 2.20. The molecule has 1 amide bonds. The highest BCUT2D eigenvalue weighted by molar-refractivity contribution is 6.02. The van der Waals surface area contributed by atoms with Crippen LogP contribution in [0, 0.1) is 5.92 Å². The maximum Gasteiger partial charge on any atom is 0.271 e. The minimum absolute atomic E-state index is 0.177. The predicted octanol–water partition coefficient (Wildman–Crippen LogP) is 3.70. The van der Waals surface area contributed by atoms with Crippen molar-refractivity contribution < 1.29 is 4.79 Å². The fraction of sp³-hybridized carbons (Fsp3) is 0.294. The van der Waals surface area contributed by atoms with Gasteiger partial charge in [-0.2, -0.15) is 5.10 Å². The van der Waals surface area contributed by atoms with Gasteiger partial charge in [-0.3, -0.25) is 4.79 Å². The van der Waals surface area contributed by atoms with Gasteiger partial charge >= 0.3 is 0 Å². The molecule has 1 aliphatic carbocycles. The summed E-state index contributed by atoms with van der Waals surface area (Å²) in [5, 5.41) is 4.28. The molecule has 0 bridgehead atoms.